The fourth-order valence-electron chi connectivity index (χ4n) is 0.930. The van der Waals surface area contributed by atoms with Crippen molar-refractivity contribution in [2.75, 3.05) is 20.3 Å². The first-order valence-corrected chi connectivity index (χ1v) is 4.38. The highest BCUT2D eigenvalue weighted by atomic mass is 16.5. The van der Waals surface area contributed by atoms with Crippen LogP contribution in [0, 0.1) is 0 Å². The topological polar surface area (TPSA) is 122 Å². The summed E-state index contributed by atoms with van der Waals surface area (Å²) in [6.07, 6.45) is -0.447. The Hall–Kier alpha value is -1.18. The molecule has 0 aliphatic heterocycles. The number of nitrogens with two attached hydrogens (primary N) is 1. The molecule has 2 atom stereocenters. The summed E-state index contributed by atoms with van der Waals surface area (Å²) in [6.45, 7) is -0.151. The maximum Gasteiger partial charge on any atom is 0.305 e. The van der Waals surface area contributed by atoms with Crippen molar-refractivity contribution in [2.24, 2.45) is 5.73 Å². The summed E-state index contributed by atoms with van der Waals surface area (Å²) in [5.41, 5.74) is 5.30. The van der Waals surface area contributed by atoms with Crippen molar-refractivity contribution in [3.05, 3.63) is 0 Å². The van der Waals surface area contributed by atoms with Crippen LogP contribution in [0.25, 0.3) is 0 Å². The molecule has 0 aromatic rings. The molecule has 7 heteroatoms. The van der Waals surface area contributed by atoms with Crippen LogP contribution in [0.2, 0.25) is 0 Å². The van der Waals surface area contributed by atoms with Gasteiger partial charge in [0.25, 0.3) is 0 Å². The van der Waals surface area contributed by atoms with Crippen molar-refractivity contribution in [1.29, 1.82) is 0 Å². The van der Waals surface area contributed by atoms with E-state index in [9.17, 15) is 9.59 Å². The summed E-state index contributed by atoms with van der Waals surface area (Å²) in [6, 6.07) is -1.68. The molecule has 0 aliphatic rings. The Morgan fingerprint density at radius 2 is 2.13 bits per heavy atom. The number of carbonyl (C=O) groups excluding carboxylic acids is 1. The quantitative estimate of drug-likeness (QED) is 0.390. The summed E-state index contributed by atoms with van der Waals surface area (Å²) in [5, 5.41) is 19.6. The third kappa shape index (κ3) is 6.00. The van der Waals surface area contributed by atoms with E-state index < -0.39 is 30.4 Å². The van der Waals surface area contributed by atoms with Crippen molar-refractivity contribution >= 4 is 11.9 Å². The Bertz CT molecular complexity index is 221. The van der Waals surface area contributed by atoms with Crippen molar-refractivity contribution in [3.8, 4) is 0 Å². The Labute approximate surface area is 87.2 Å². The number of carbonyl (C=O) groups is 2. The van der Waals surface area contributed by atoms with E-state index in [-0.39, 0.29) is 13.2 Å². The number of methoxy groups -OCH3 is 1. The zero-order valence-electron chi connectivity index (χ0n) is 8.47. The molecule has 88 valence electrons. The van der Waals surface area contributed by atoms with E-state index in [2.05, 4.69) is 5.32 Å². The largest absolute Gasteiger partial charge is 0.481 e. The number of nitrogens with one attached hydrogen (secondary N) is 1. The summed E-state index contributed by atoms with van der Waals surface area (Å²) in [5.74, 6) is -1.77. The second kappa shape index (κ2) is 7.16. The molecule has 0 saturated heterocycles. The standard InChI is InChI=1S/C8H16N2O5/c1-15-4-5(3-11)10-8(14)6(9)2-7(12)13/h5-6,11H,2-4,9H2,1H3,(H,10,14)(H,12,13). The van der Waals surface area contributed by atoms with Crippen LogP contribution < -0.4 is 11.1 Å². The van der Waals surface area contributed by atoms with Crippen LogP contribution in [-0.4, -0.2) is 54.5 Å². The van der Waals surface area contributed by atoms with Gasteiger partial charge in [0.05, 0.1) is 31.7 Å². The monoisotopic (exact) mass is 220 g/mol. The molecule has 0 aromatic carbocycles. The lowest BCUT2D eigenvalue weighted by Gasteiger charge is -2.17. The number of rotatable bonds is 7. The van der Waals surface area contributed by atoms with Gasteiger partial charge in [-0.25, -0.2) is 0 Å². The number of hydrogen-bond acceptors (Lipinski definition) is 5. The summed E-state index contributed by atoms with van der Waals surface area (Å²) in [4.78, 5) is 21.5. The second-order valence-electron chi connectivity index (χ2n) is 3.05. The van der Waals surface area contributed by atoms with E-state index in [1.165, 1.54) is 7.11 Å². The summed E-state index contributed by atoms with van der Waals surface area (Å²) < 4.78 is 4.72. The van der Waals surface area contributed by atoms with Crippen LogP contribution in [0.1, 0.15) is 6.42 Å². The molecular formula is C8H16N2O5. The maximum atomic E-state index is 11.3. The SMILES string of the molecule is COCC(CO)NC(=O)C(N)CC(=O)O. The smallest absolute Gasteiger partial charge is 0.305 e. The molecule has 15 heavy (non-hydrogen) atoms. The van der Waals surface area contributed by atoms with Gasteiger partial charge in [0.15, 0.2) is 0 Å². The minimum Gasteiger partial charge on any atom is -0.481 e. The predicted octanol–water partition coefficient (Wildman–Crippen LogP) is -2.09. The molecule has 7 nitrogen and oxygen atoms in total. The van der Waals surface area contributed by atoms with E-state index in [4.69, 9.17) is 20.7 Å². The minimum atomic E-state index is -1.15. The number of amides is 1. The lowest BCUT2D eigenvalue weighted by molar-refractivity contribution is -0.139. The minimum absolute atomic E-state index is 0.141. The zero-order chi connectivity index (χ0) is 11.8. The number of hydrogen-bond donors (Lipinski definition) is 4. The number of aliphatic hydroxyl groups is 1. The molecular weight excluding hydrogens is 204 g/mol. The first-order valence-electron chi connectivity index (χ1n) is 4.38. The molecule has 0 aromatic heterocycles. The van der Waals surface area contributed by atoms with Crippen LogP contribution in [0.15, 0.2) is 0 Å². The van der Waals surface area contributed by atoms with Gasteiger partial charge in [-0.1, -0.05) is 0 Å². The maximum absolute atomic E-state index is 11.3. The fourth-order valence-corrected chi connectivity index (χ4v) is 0.930. The molecule has 0 spiro atoms. The highest BCUT2D eigenvalue weighted by Crippen LogP contribution is 1.91. The number of ether oxygens (including phenoxy) is 1. The molecule has 0 bridgehead atoms. The number of aliphatic carboxylic acids is 1. The lowest BCUT2D eigenvalue weighted by Crippen LogP contribution is -2.49. The van der Waals surface area contributed by atoms with Gasteiger partial charge in [0.1, 0.15) is 0 Å². The van der Waals surface area contributed by atoms with Crippen molar-refractivity contribution < 1.29 is 24.5 Å². The fraction of sp³-hybridized carbons (Fsp3) is 0.750. The first kappa shape index (κ1) is 13.8. The van der Waals surface area contributed by atoms with Crippen LogP contribution >= 0.6 is 0 Å². The third-order valence-corrected chi connectivity index (χ3v) is 1.67. The van der Waals surface area contributed by atoms with E-state index in [0.29, 0.717) is 0 Å². The molecule has 0 rings (SSSR count). The normalized spacial score (nSPS) is 14.3. The Balaban J connectivity index is 4.03. The van der Waals surface area contributed by atoms with Crippen LogP contribution in [-0.2, 0) is 14.3 Å². The molecule has 0 saturated carbocycles. The highest BCUT2D eigenvalue weighted by Gasteiger charge is 2.19. The average Bonchev–Trinajstić information content (AvgIpc) is 2.15. The second-order valence-corrected chi connectivity index (χ2v) is 3.05. The van der Waals surface area contributed by atoms with E-state index >= 15 is 0 Å². The lowest BCUT2D eigenvalue weighted by atomic mass is 10.2. The Morgan fingerprint density at radius 1 is 1.53 bits per heavy atom. The number of carboxylic acid groups (broad SMARTS) is 1. The highest BCUT2D eigenvalue weighted by molar-refractivity contribution is 5.86. The van der Waals surface area contributed by atoms with Gasteiger partial charge in [-0.3, -0.25) is 9.59 Å². The van der Waals surface area contributed by atoms with Gasteiger partial charge in [-0.2, -0.15) is 0 Å². The first-order chi connectivity index (χ1) is 7.01. The van der Waals surface area contributed by atoms with Crippen LogP contribution in [0.4, 0.5) is 0 Å². The summed E-state index contributed by atoms with van der Waals surface area (Å²) in [7, 11) is 1.42. The van der Waals surface area contributed by atoms with E-state index in [0.717, 1.165) is 0 Å². The number of carboxylic acids is 1. The van der Waals surface area contributed by atoms with E-state index in [1.54, 1.807) is 0 Å². The zero-order valence-corrected chi connectivity index (χ0v) is 8.47. The van der Waals surface area contributed by atoms with Crippen molar-refractivity contribution in [2.45, 2.75) is 18.5 Å². The molecule has 1 amide bonds. The van der Waals surface area contributed by atoms with Crippen molar-refractivity contribution in [1.82, 2.24) is 5.32 Å². The Morgan fingerprint density at radius 3 is 2.53 bits per heavy atom. The van der Waals surface area contributed by atoms with Gasteiger partial charge in [0.2, 0.25) is 5.91 Å². The number of aliphatic hydroxyl groups excluding tert-OH is 1. The van der Waals surface area contributed by atoms with Gasteiger partial charge in [0, 0.05) is 7.11 Å². The molecule has 5 N–H and O–H groups in total. The third-order valence-electron chi connectivity index (χ3n) is 1.67. The predicted molar refractivity (Wildman–Crippen MR) is 51.1 cm³/mol. The van der Waals surface area contributed by atoms with Gasteiger partial charge in [-0.05, 0) is 0 Å². The van der Waals surface area contributed by atoms with Crippen LogP contribution in [0.5, 0.6) is 0 Å². The van der Waals surface area contributed by atoms with Crippen LogP contribution in [0.3, 0.4) is 0 Å². The van der Waals surface area contributed by atoms with Crippen molar-refractivity contribution in [3.63, 3.8) is 0 Å². The van der Waals surface area contributed by atoms with Gasteiger partial charge >= 0.3 is 5.97 Å². The summed E-state index contributed by atoms with van der Waals surface area (Å²) >= 11 is 0. The van der Waals surface area contributed by atoms with E-state index in [1.807, 2.05) is 0 Å². The molecule has 0 aliphatic carbocycles. The molecule has 0 radical (unpaired) electrons. The molecule has 0 fully saturated rings. The molecule has 0 heterocycles. The van der Waals surface area contributed by atoms with Gasteiger partial charge in [-0.15, -0.1) is 0 Å². The Kier molecular flexibility index (Phi) is 6.59. The molecule has 2 unspecified atom stereocenters. The average molecular weight is 220 g/mol. The van der Waals surface area contributed by atoms with Gasteiger partial charge < -0.3 is 26.0 Å².